The molecule has 4 rings (SSSR count). The number of ether oxygens (including phenoxy) is 3. The van der Waals surface area contributed by atoms with E-state index >= 15 is 0 Å². The Balaban J connectivity index is 1.90. The second-order valence-corrected chi connectivity index (χ2v) is 8.79. The van der Waals surface area contributed by atoms with E-state index in [9.17, 15) is 14.0 Å². The number of aromatic nitrogens is 2. The maximum atomic E-state index is 13.4. The van der Waals surface area contributed by atoms with Crippen molar-refractivity contribution in [3.8, 4) is 22.7 Å². The molecule has 0 atom stereocenters. The van der Waals surface area contributed by atoms with Crippen molar-refractivity contribution < 1.29 is 28.2 Å². The van der Waals surface area contributed by atoms with Crippen LogP contribution in [-0.2, 0) is 16.1 Å². The molecule has 4 aromatic rings. The Morgan fingerprint density at radius 3 is 2.39 bits per heavy atom. The number of hydrogen-bond acceptors (Lipinski definition) is 6. The van der Waals surface area contributed by atoms with Crippen LogP contribution in [0.1, 0.15) is 26.4 Å². The zero-order valence-corrected chi connectivity index (χ0v) is 21.5. The average Bonchev–Trinajstić information content (AvgIpc) is 3.29. The van der Waals surface area contributed by atoms with Crippen LogP contribution in [-0.4, -0.2) is 35.9 Å². The van der Waals surface area contributed by atoms with Gasteiger partial charge in [-0.25, -0.2) is 18.7 Å². The second kappa shape index (κ2) is 10.9. The number of halogens is 3. The maximum absolute atomic E-state index is 13.4. The number of nitrogens with zero attached hydrogens (tertiary/aromatic N) is 2. The Morgan fingerprint density at radius 2 is 1.72 bits per heavy atom. The largest absolute Gasteiger partial charge is 0.488 e. The predicted molar refractivity (Wildman–Crippen MR) is 135 cm³/mol. The highest BCUT2D eigenvalue weighted by atomic mass is 79.9. The second-order valence-electron chi connectivity index (χ2n) is 7.47. The summed E-state index contributed by atoms with van der Waals surface area (Å²) in [5, 5.41) is 4.83. The molecule has 1 heterocycles. The van der Waals surface area contributed by atoms with E-state index in [1.807, 2.05) is 6.07 Å². The van der Waals surface area contributed by atoms with Crippen LogP contribution in [0.2, 0.25) is 5.02 Å². The van der Waals surface area contributed by atoms with E-state index in [0.29, 0.717) is 27.0 Å². The molecule has 7 nitrogen and oxygen atoms in total. The fourth-order valence-corrected chi connectivity index (χ4v) is 4.13. The van der Waals surface area contributed by atoms with Crippen molar-refractivity contribution in [2.45, 2.75) is 6.61 Å². The molecule has 0 saturated heterocycles. The first-order valence-corrected chi connectivity index (χ1v) is 11.7. The highest BCUT2D eigenvalue weighted by molar-refractivity contribution is 9.10. The molecule has 3 aromatic carbocycles. The molecule has 36 heavy (non-hydrogen) atoms. The van der Waals surface area contributed by atoms with Gasteiger partial charge in [-0.1, -0.05) is 51.8 Å². The number of para-hydroxylation sites is 1. The topological polar surface area (TPSA) is 79.7 Å². The minimum absolute atomic E-state index is 0.0184. The smallest absolute Gasteiger partial charge is 0.357 e. The SMILES string of the molecule is COC(=O)c1c(-c2cc(Br)ccc2OCc2ccc(F)cc2Cl)nn(-c2ccccc2)c1C(=O)OC. The minimum Gasteiger partial charge on any atom is -0.488 e. The molecule has 0 aliphatic rings. The van der Waals surface area contributed by atoms with Gasteiger partial charge in [0.25, 0.3) is 0 Å². The zero-order chi connectivity index (χ0) is 25.8. The van der Waals surface area contributed by atoms with Crippen LogP contribution in [0.3, 0.4) is 0 Å². The van der Waals surface area contributed by atoms with Gasteiger partial charge < -0.3 is 14.2 Å². The van der Waals surface area contributed by atoms with Crippen LogP contribution in [0.4, 0.5) is 4.39 Å². The Labute approximate surface area is 219 Å². The normalized spacial score (nSPS) is 10.7. The lowest BCUT2D eigenvalue weighted by Crippen LogP contribution is -2.15. The summed E-state index contributed by atoms with van der Waals surface area (Å²) in [4.78, 5) is 25.8. The molecule has 0 saturated carbocycles. The summed E-state index contributed by atoms with van der Waals surface area (Å²) < 4.78 is 31.4. The highest BCUT2D eigenvalue weighted by Gasteiger charge is 2.32. The van der Waals surface area contributed by atoms with Gasteiger partial charge in [0.2, 0.25) is 0 Å². The van der Waals surface area contributed by atoms with Gasteiger partial charge in [-0.3, -0.25) is 0 Å². The number of hydrogen-bond donors (Lipinski definition) is 0. The summed E-state index contributed by atoms with van der Waals surface area (Å²) in [6.45, 7) is 0.0184. The summed E-state index contributed by atoms with van der Waals surface area (Å²) in [5.74, 6) is -1.66. The van der Waals surface area contributed by atoms with E-state index in [0.717, 1.165) is 0 Å². The molecular formula is C26H19BrClFN2O5. The van der Waals surface area contributed by atoms with Gasteiger partial charge in [0.1, 0.15) is 29.4 Å². The number of methoxy groups -OCH3 is 2. The summed E-state index contributed by atoms with van der Waals surface area (Å²) in [5.41, 5.74) is 1.46. The molecular weight excluding hydrogens is 555 g/mol. The quantitative estimate of drug-likeness (QED) is 0.243. The zero-order valence-electron chi connectivity index (χ0n) is 19.1. The van der Waals surface area contributed by atoms with Crippen LogP contribution in [0.15, 0.2) is 71.2 Å². The Morgan fingerprint density at radius 1 is 1.00 bits per heavy atom. The maximum Gasteiger partial charge on any atom is 0.357 e. The van der Waals surface area contributed by atoms with E-state index in [4.69, 9.17) is 25.8 Å². The van der Waals surface area contributed by atoms with Crippen molar-refractivity contribution in [3.63, 3.8) is 0 Å². The van der Waals surface area contributed by atoms with Gasteiger partial charge in [-0.2, -0.15) is 5.10 Å². The molecule has 0 amide bonds. The molecule has 0 unspecified atom stereocenters. The Kier molecular flexibility index (Phi) is 7.71. The van der Waals surface area contributed by atoms with Crippen molar-refractivity contribution in [3.05, 3.63) is 98.9 Å². The molecule has 0 aliphatic carbocycles. The monoisotopic (exact) mass is 572 g/mol. The van der Waals surface area contributed by atoms with Crippen LogP contribution in [0.25, 0.3) is 16.9 Å². The number of benzene rings is 3. The van der Waals surface area contributed by atoms with Crippen molar-refractivity contribution in [2.24, 2.45) is 0 Å². The number of carbonyl (C=O) groups is 2. The van der Waals surface area contributed by atoms with E-state index < -0.39 is 17.8 Å². The van der Waals surface area contributed by atoms with E-state index in [2.05, 4.69) is 21.0 Å². The molecule has 0 bridgehead atoms. The Bertz CT molecular complexity index is 1440. The molecule has 0 aliphatic heterocycles. The minimum atomic E-state index is -0.778. The lowest BCUT2D eigenvalue weighted by molar-refractivity contribution is 0.0549. The van der Waals surface area contributed by atoms with Crippen LogP contribution >= 0.6 is 27.5 Å². The molecule has 0 spiro atoms. The lowest BCUT2D eigenvalue weighted by Gasteiger charge is -2.13. The van der Waals surface area contributed by atoms with Gasteiger partial charge in [0.05, 0.1) is 24.9 Å². The van der Waals surface area contributed by atoms with Crippen molar-refractivity contribution in [2.75, 3.05) is 14.2 Å². The van der Waals surface area contributed by atoms with Gasteiger partial charge >= 0.3 is 11.9 Å². The van der Waals surface area contributed by atoms with Crippen LogP contribution in [0.5, 0.6) is 5.75 Å². The third kappa shape index (κ3) is 5.12. The van der Waals surface area contributed by atoms with Crippen molar-refractivity contribution in [1.82, 2.24) is 9.78 Å². The van der Waals surface area contributed by atoms with Crippen molar-refractivity contribution in [1.29, 1.82) is 0 Å². The number of rotatable bonds is 7. The fourth-order valence-electron chi connectivity index (χ4n) is 3.55. The number of esters is 2. The van der Waals surface area contributed by atoms with E-state index in [1.54, 1.807) is 42.5 Å². The van der Waals surface area contributed by atoms with Gasteiger partial charge in [0.15, 0.2) is 5.69 Å². The lowest BCUT2D eigenvalue weighted by atomic mass is 10.0. The summed E-state index contributed by atoms with van der Waals surface area (Å²) in [6.07, 6.45) is 0. The average molecular weight is 574 g/mol. The first-order valence-electron chi connectivity index (χ1n) is 10.6. The predicted octanol–water partition coefficient (Wildman–Crippen LogP) is 6.25. The Hall–Kier alpha value is -3.69. The first-order chi connectivity index (χ1) is 17.3. The fraction of sp³-hybridized carbons (Fsp3) is 0.115. The third-order valence-electron chi connectivity index (χ3n) is 5.25. The van der Waals surface area contributed by atoms with Gasteiger partial charge in [0, 0.05) is 15.6 Å². The molecule has 0 fully saturated rings. The van der Waals surface area contributed by atoms with Gasteiger partial charge in [-0.15, -0.1) is 0 Å². The molecule has 184 valence electrons. The highest BCUT2D eigenvalue weighted by Crippen LogP contribution is 2.37. The van der Waals surface area contributed by atoms with E-state index in [-0.39, 0.29) is 28.6 Å². The van der Waals surface area contributed by atoms with Crippen LogP contribution in [0, 0.1) is 5.82 Å². The number of carbonyl (C=O) groups excluding carboxylic acids is 2. The van der Waals surface area contributed by atoms with Crippen LogP contribution < -0.4 is 4.74 Å². The molecule has 0 N–H and O–H groups in total. The molecule has 1 aromatic heterocycles. The molecule has 10 heteroatoms. The van der Waals surface area contributed by atoms with Gasteiger partial charge in [-0.05, 0) is 42.5 Å². The third-order valence-corrected chi connectivity index (χ3v) is 6.09. The van der Waals surface area contributed by atoms with E-state index in [1.165, 1.54) is 37.1 Å². The summed E-state index contributed by atoms with van der Waals surface area (Å²) >= 11 is 9.59. The summed E-state index contributed by atoms with van der Waals surface area (Å²) in [7, 11) is 2.42. The summed E-state index contributed by atoms with van der Waals surface area (Å²) in [6, 6.07) is 18.0. The standard InChI is InChI=1S/C26H19BrClFN2O5/c1-34-25(32)22-23(30-31(24(22)26(33)35-2)18-6-4-3-5-7-18)19-12-16(27)9-11-21(19)36-14-15-8-10-17(29)13-20(15)28/h3-13H,14H2,1-2H3. The van der Waals surface area contributed by atoms with Crippen molar-refractivity contribution >= 4 is 39.5 Å². The molecule has 0 radical (unpaired) electrons. The first kappa shape index (κ1) is 25.4.